The first kappa shape index (κ1) is 15.9. The Hall–Kier alpha value is -2.95. The van der Waals surface area contributed by atoms with Crippen molar-refractivity contribution in [1.82, 2.24) is 4.98 Å². The van der Waals surface area contributed by atoms with Gasteiger partial charge < -0.3 is 19.6 Å². The zero-order valence-corrected chi connectivity index (χ0v) is 13.8. The lowest BCUT2D eigenvalue weighted by Gasteiger charge is -2.13. The van der Waals surface area contributed by atoms with Crippen LogP contribution in [-0.4, -0.2) is 24.3 Å². The molecule has 3 rings (SSSR count). The van der Waals surface area contributed by atoms with Crippen molar-refractivity contribution in [3.63, 3.8) is 0 Å². The smallest absolute Gasteiger partial charge is 0.252 e. The average Bonchev–Trinajstić information content (AvgIpc) is 2.59. The Morgan fingerprint density at radius 3 is 2.17 bits per heavy atom. The highest BCUT2D eigenvalue weighted by atomic mass is 16.5. The van der Waals surface area contributed by atoms with E-state index in [1.807, 2.05) is 19.1 Å². The number of fused-ring (bicyclic) bond motifs is 1. The van der Waals surface area contributed by atoms with Crippen LogP contribution in [0.1, 0.15) is 16.8 Å². The summed E-state index contributed by atoms with van der Waals surface area (Å²) in [5.41, 5.74) is 2.26. The van der Waals surface area contributed by atoms with Crippen molar-refractivity contribution in [2.75, 3.05) is 14.2 Å². The molecule has 0 spiro atoms. The summed E-state index contributed by atoms with van der Waals surface area (Å²) in [6.45, 7) is 1.86. The molecule has 24 heavy (non-hydrogen) atoms. The van der Waals surface area contributed by atoms with Gasteiger partial charge in [0.05, 0.1) is 14.2 Å². The molecule has 5 heteroatoms. The van der Waals surface area contributed by atoms with Crippen LogP contribution in [0.4, 0.5) is 0 Å². The summed E-state index contributed by atoms with van der Waals surface area (Å²) >= 11 is 0. The molecule has 0 fully saturated rings. The minimum Gasteiger partial charge on any atom is -0.508 e. The summed E-state index contributed by atoms with van der Waals surface area (Å²) in [5, 5.41) is 11.2. The minimum absolute atomic E-state index is 0.125. The van der Waals surface area contributed by atoms with Gasteiger partial charge in [0.2, 0.25) is 0 Å². The number of aryl methyl sites for hydroxylation is 1. The number of nitrogens with one attached hydrogen (secondary N) is 1. The Kier molecular flexibility index (Phi) is 4.16. The normalized spacial score (nSPS) is 10.8. The third-order valence-corrected chi connectivity index (χ3v) is 4.15. The van der Waals surface area contributed by atoms with E-state index in [-0.39, 0.29) is 11.3 Å². The average molecular weight is 325 g/mol. The number of pyridine rings is 1. The van der Waals surface area contributed by atoms with E-state index >= 15 is 0 Å². The molecule has 1 heterocycles. The summed E-state index contributed by atoms with van der Waals surface area (Å²) in [6, 6.07) is 10.6. The number of hydrogen-bond acceptors (Lipinski definition) is 4. The van der Waals surface area contributed by atoms with Gasteiger partial charge in [0.15, 0.2) is 11.5 Å². The molecule has 0 saturated heterocycles. The lowest BCUT2D eigenvalue weighted by Crippen LogP contribution is -2.15. The predicted molar refractivity (Wildman–Crippen MR) is 93.3 cm³/mol. The first-order chi connectivity index (χ1) is 11.5. The summed E-state index contributed by atoms with van der Waals surface area (Å²) in [6.07, 6.45) is 0.460. The highest BCUT2D eigenvalue weighted by Gasteiger charge is 2.14. The molecule has 2 N–H and O–H groups in total. The van der Waals surface area contributed by atoms with Gasteiger partial charge in [0.25, 0.3) is 5.56 Å². The van der Waals surface area contributed by atoms with E-state index < -0.39 is 0 Å². The number of hydrogen-bond donors (Lipinski definition) is 2. The molecule has 0 bridgehead atoms. The number of rotatable bonds is 4. The topological polar surface area (TPSA) is 71.6 Å². The summed E-state index contributed by atoms with van der Waals surface area (Å²) in [4.78, 5) is 15.4. The van der Waals surface area contributed by atoms with Gasteiger partial charge in [-0.25, -0.2) is 0 Å². The molecule has 0 radical (unpaired) electrons. The molecule has 0 amide bonds. The maximum atomic E-state index is 12.5. The Labute approximate surface area is 139 Å². The number of aromatic hydroxyl groups is 1. The molecule has 0 aliphatic rings. The minimum atomic E-state index is -0.125. The van der Waals surface area contributed by atoms with E-state index in [1.54, 1.807) is 38.5 Å². The molecule has 3 aromatic rings. The van der Waals surface area contributed by atoms with Crippen molar-refractivity contribution in [3.05, 3.63) is 63.6 Å². The Morgan fingerprint density at radius 2 is 1.58 bits per heavy atom. The van der Waals surface area contributed by atoms with Gasteiger partial charge in [-0.1, -0.05) is 12.1 Å². The third-order valence-electron chi connectivity index (χ3n) is 4.15. The van der Waals surface area contributed by atoms with Crippen LogP contribution in [0.3, 0.4) is 0 Å². The zero-order chi connectivity index (χ0) is 17.3. The predicted octanol–water partition coefficient (Wildman–Crippen LogP) is 3.15. The molecule has 0 unspecified atom stereocenters. The Morgan fingerprint density at radius 1 is 1.00 bits per heavy atom. The van der Waals surface area contributed by atoms with E-state index in [0.717, 1.165) is 22.0 Å². The van der Waals surface area contributed by atoms with Crippen LogP contribution < -0.4 is 15.0 Å². The van der Waals surface area contributed by atoms with Crippen molar-refractivity contribution in [2.45, 2.75) is 13.3 Å². The lowest BCUT2D eigenvalue weighted by atomic mass is 9.98. The van der Waals surface area contributed by atoms with Crippen LogP contribution in [0.2, 0.25) is 0 Å². The molecule has 0 aliphatic carbocycles. The highest BCUT2D eigenvalue weighted by molar-refractivity contribution is 5.90. The number of H-pyrrole nitrogens is 1. The SMILES string of the molecule is COc1cc2c(C)[nH]c(=O)c(Cc3ccc(O)cc3)c2cc1OC. The monoisotopic (exact) mass is 325 g/mol. The molecule has 0 atom stereocenters. The first-order valence-electron chi connectivity index (χ1n) is 7.59. The Balaban J connectivity index is 2.22. The van der Waals surface area contributed by atoms with E-state index in [0.29, 0.717) is 23.5 Å². The molecule has 0 saturated carbocycles. The molecule has 2 aromatic carbocycles. The van der Waals surface area contributed by atoms with Crippen LogP contribution in [0, 0.1) is 6.92 Å². The van der Waals surface area contributed by atoms with E-state index in [1.165, 1.54) is 0 Å². The standard InChI is InChI=1S/C19H19NO4/c1-11-14-9-17(23-2)18(24-3)10-15(14)16(19(22)20-11)8-12-4-6-13(21)7-5-12/h4-7,9-10,21H,8H2,1-3H3,(H,20,22). The van der Waals surface area contributed by atoms with Gasteiger partial charge in [0.1, 0.15) is 5.75 Å². The number of methoxy groups -OCH3 is 2. The van der Waals surface area contributed by atoms with E-state index in [4.69, 9.17) is 9.47 Å². The molecule has 124 valence electrons. The van der Waals surface area contributed by atoms with Crippen LogP contribution in [0.5, 0.6) is 17.2 Å². The molecule has 1 aromatic heterocycles. The molecular formula is C19H19NO4. The number of aromatic amines is 1. The Bertz CT molecular complexity index is 942. The fourth-order valence-corrected chi connectivity index (χ4v) is 2.87. The summed E-state index contributed by atoms with van der Waals surface area (Å²) < 4.78 is 10.7. The van der Waals surface area contributed by atoms with Crippen LogP contribution in [0.25, 0.3) is 10.8 Å². The number of phenolic OH excluding ortho intramolecular Hbond substituents is 1. The number of benzene rings is 2. The van der Waals surface area contributed by atoms with Gasteiger partial charge in [-0.2, -0.15) is 0 Å². The summed E-state index contributed by atoms with van der Waals surface area (Å²) in [5.74, 6) is 1.41. The van der Waals surface area contributed by atoms with Crippen molar-refractivity contribution in [2.24, 2.45) is 0 Å². The van der Waals surface area contributed by atoms with E-state index in [2.05, 4.69) is 4.98 Å². The van der Waals surface area contributed by atoms with Crippen molar-refractivity contribution in [3.8, 4) is 17.2 Å². The van der Waals surface area contributed by atoms with Crippen molar-refractivity contribution >= 4 is 10.8 Å². The fourth-order valence-electron chi connectivity index (χ4n) is 2.87. The van der Waals surface area contributed by atoms with Crippen LogP contribution in [-0.2, 0) is 6.42 Å². The number of aromatic nitrogens is 1. The second-order valence-electron chi connectivity index (χ2n) is 5.65. The highest BCUT2D eigenvalue weighted by Crippen LogP contribution is 2.34. The lowest BCUT2D eigenvalue weighted by molar-refractivity contribution is 0.356. The van der Waals surface area contributed by atoms with E-state index in [9.17, 15) is 9.90 Å². The quantitative estimate of drug-likeness (QED) is 0.773. The van der Waals surface area contributed by atoms with Crippen LogP contribution >= 0.6 is 0 Å². The number of phenols is 1. The fraction of sp³-hybridized carbons (Fsp3) is 0.211. The molecule has 5 nitrogen and oxygen atoms in total. The van der Waals surface area contributed by atoms with Gasteiger partial charge in [0, 0.05) is 23.1 Å². The maximum absolute atomic E-state index is 12.5. The van der Waals surface area contributed by atoms with Crippen molar-refractivity contribution in [1.29, 1.82) is 0 Å². The van der Waals surface area contributed by atoms with Gasteiger partial charge in [-0.3, -0.25) is 4.79 Å². The van der Waals surface area contributed by atoms with Gasteiger partial charge in [-0.05, 0) is 42.1 Å². The van der Waals surface area contributed by atoms with Gasteiger partial charge >= 0.3 is 0 Å². The molecule has 0 aliphatic heterocycles. The van der Waals surface area contributed by atoms with Gasteiger partial charge in [-0.15, -0.1) is 0 Å². The van der Waals surface area contributed by atoms with Crippen LogP contribution in [0.15, 0.2) is 41.2 Å². The second kappa shape index (κ2) is 6.28. The summed E-state index contributed by atoms with van der Waals surface area (Å²) in [7, 11) is 3.16. The molecular weight excluding hydrogens is 306 g/mol. The second-order valence-corrected chi connectivity index (χ2v) is 5.65. The largest absolute Gasteiger partial charge is 0.508 e. The van der Waals surface area contributed by atoms with Crippen molar-refractivity contribution < 1.29 is 14.6 Å². The maximum Gasteiger partial charge on any atom is 0.252 e. The first-order valence-corrected chi connectivity index (χ1v) is 7.59. The number of ether oxygens (including phenoxy) is 2. The third kappa shape index (κ3) is 2.80. The zero-order valence-electron chi connectivity index (χ0n) is 13.8.